The molecule has 0 unspecified atom stereocenters. The molecule has 1 saturated carbocycles. The van der Waals surface area contributed by atoms with Crippen LogP contribution in [0.1, 0.15) is 45.4 Å². The van der Waals surface area contributed by atoms with Gasteiger partial charge in [0, 0.05) is 6.42 Å². The van der Waals surface area contributed by atoms with Crippen molar-refractivity contribution in [2.75, 3.05) is 0 Å². The number of carbonyl (C=O) groups is 1. The maximum Gasteiger partial charge on any atom is 0.220 e. The zero-order chi connectivity index (χ0) is 16.0. The molecule has 7 nitrogen and oxygen atoms in total. The van der Waals surface area contributed by atoms with Crippen LogP contribution in [-0.4, -0.2) is 62.8 Å². The molecule has 1 fully saturated rings. The second-order valence-corrected chi connectivity index (χ2v) is 5.80. The van der Waals surface area contributed by atoms with E-state index in [9.17, 15) is 25.2 Å². The maximum absolute atomic E-state index is 11.8. The zero-order valence-corrected chi connectivity index (χ0v) is 12.5. The third kappa shape index (κ3) is 4.89. The molecule has 0 aromatic heterocycles. The molecule has 7 heteroatoms. The molecule has 0 heterocycles. The van der Waals surface area contributed by atoms with Crippen LogP contribution in [0.4, 0.5) is 0 Å². The molecule has 0 bridgehead atoms. The van der Waals surface area contributed by atoms with Crippen LogP contribution in [0.15, 0.2) is 0 Å². The minimum Gasteiger partial charge on any atom is -0.389 e. The molecular formula is C14H28N2O5. The molecule has 7 N–H and O–H groups in total. The van der Waals surface area contributed by atoms with Crippen LogP contribution in [0.3, 0.4) is 0 Å². The Labute approximate surface area is 125 Å². The summed E-state index contributed by atoms with van der Waals surface area (Å²) in [6.07, 6.45) is -0.458. The summed E-state index contributed by atoms with van der Waals surface area (Å²) in [5.74, 6) is -0.276. The van der Waals surface area contributed by atoms with Gasteiger partial charge in [-0.1, -0.05) is 32.6 Å². The minimum absolute atomic E-state index is 0.276. The second kappa shape index (κ2) is 8.65. The van der Waals surface area contributed by atoms with Crippen molar-refractivity contribution in [3.05, 3.63) is 0 Å². The predicted molar refractivity (Wildman–Crippen MR) is 77.3 cm³/mol. The summed E-state index contributed by atoms with van der Waals surface area (Å²) in [4.78, 5) is 11.8. The summed E-state index contributed by atoms with van der Waals surface area (Å²) in [6.45, 7) is 2.11. The Bertz CT molecular complexity index is 312. The molecule has 0 aromatic rings. The van der Waals surface area contributed by atoms with Gasteiger partial charge in [-0.05, 0) is 6.42 Å². The molecule has 1 aliphatic rings. The van der Waals surface area contributed by atoms with E-state index >= 15 is 0 Å². The van der Waals surface area contributed by atoms with Gasteiger partial charge in [0.1, 0.15) is 18.3 Å². The van der Waals surface area contributed by atoms with E-state index in [1.807, 2.05) is 0 Å². The highest BCUT2D eigenvalue weighted by Gasteiger charge is 2.47. The molecule has 6 atom stereocenters. The molecule has 0 spiro atoms. The topological polar surface area (TPSA) is 136 Å². The lowest BCUT2D eigenvalue weighted by Gasteiger charge is -2.42. The number of carbonyl (C=O) groups excluding carboxylic acids is 1. The highest BCUT2D eigenvalue weighted by Crippen LogP contribution is 2.20. The van der Waals surface area contributed by atoms with E-state index in [-0.39, 0.29) is 5.91 Å². The fraction of sp³-hybridized carbons (Fsp3) is 0.929. The van der Waals surface area contributed by atoms with Crippen LogP contribution < -0.4 is 11.1 Å². The Morgan fingerprint density at radius 3 is 2.14 bits per heavy atom. The summed E-state index contributed by atoms with van der Waals surface area (Å²) >= 11 is 0. The highest BCUT2D eigenvalue weighted by atomic mass is 16.4. The normalized spacial score (nSPS) is 36.5. The highest BCUT2D eigenvalue weighted by molar-refractivity contribution is 5.76. The van der Waals surface area contributed by atoms with Crippen LogP contribution in [0.2, 0.25) is 0 Å². The van der Waals surface area contributed by atoms with Gasteiger partial charge in [-0.3, -0.25) is 4.79 Å². The standard InChI is InChI=1S/C14H28N2O5/c1-2-3-4-5-6-7-8(17)16-10-9(15)11(18)13(20)14(21)12(10)19/h9-14,18-21H,2-7,15H2,1H3,(H,16,17)/t9-,10+,11-,12-,13+,14+/m0/s1. The zero-order valence-electron chi connectivity index (χ0n) is 12.5. The van der Waals surface area contributed by atoms with Gasteiger partial charge in [0.2, 0.25) is 5.91 Å². The van der Waals surface area contributed by atoms with Gasteiger partial charge in [-0.15, -0.1) is 0 Å². The Morgan fingerprint density at radius 1 is 0.952 bits per heavy atom. The lowest BCUT2D eigenvalue weighted by Crippen LogP contribution is -2.70. The number of nitrogens with two attached hydrogens (primary N) is 1. The second-order valence-electron chi connectivity index (χ2n) is 5.80. The third-order valence-corrected chi connectivity index (χ3v) is 4.06. The Balaban J connectivity index is 2.43. The maximum atomic E-state index is 11.8. The molecule has 0 aliphatic heterocycles. The molecular weight excluding hydrogens is 276 g/mol. The summed E-state index contributed by atoms with van der Waals surface area (Å²) in [5, 5.41) is 41.2. The number of nitrogens with one attached hydrogen (secondary N) is 1. The Kier molecular flexibility index (Phi) is 7.55. The van der Waals surface area contributed by atoms with Crippen LogP contribution >= 0.6 is 0 Å². The van der Waals surface area contributed by atoms with Gasteiger partial charge in [-0.2, -0.15) is 0 Å². The van der Waals surface area contributed by atoms with Crippen molar-refractivity contribution in [2.45, 2.75) is 81.9 Å². The predicted octanol–water partition coefficient (Wildman–Crippen LogP) is -1.38. The summed E-state index contributed by atoms with van der Waals surface area (Å²) in [6, 6.07) is -2.00. The van der Waals surface area contributed by atoms with Crippen LogP contribution in [0.5, 0.6) is 0 Å². The van der Waals surface area contributed by atoms with Gasteiger partial charge in [0.25, 0.3) is 0 Å². The number of hydrogen-bond donors (Lipinski definition) is 6. The molecule has 1 amide bonds. The number of rotatable bonds is 7. The lowest BCUT2D eigenvalue weighted by atomic mass is 9.82. The number of unbranched alkanes of at least 4 members (excludes halogenated alkanes) is 4. The van der Waals surface area contributed by atoms with Crippen molar-refractivity contribution in [1.82, 2.24) is 5.32 Å². The van der Waals surface area contributed by atoms with Crippen molar-refractivity contribution >= 4 is 5.91 Å². The van der Waals surface area contributed by atoms with Crippen LogP contribution in [-0.2, 0) is 4.79 Å². The first-order valence-electron chi connectivity index (χ1n) is 7.67. The molecule has 124 valence electrons. The average Bonchev–Trinajstić information content (AvgIpc) is 2.47. The van der Waals surface area contributed by atoms with Gasteiger partial charge < -0.3 is 31.5 Å². The molecule has 0 aromatic carbocycles. The van der Waals surface area contributed by atoms with Crippen LogP contribution in [0, 0.1) is 0 Å². The molecule has 0 saturated heterocycles. The molecule has 1 rings (SSSR count). The fourth-order valence-corrected chi connectivity index (χ4v) is 2.61. The number of aliphatic hydroxyl groups is 4. The molecule has 0 radical (unpaired) electrons. The van der Waals surface area contributed by atoms with E-state index in [4.69, 9.17) is 5.73 Å². The summed E-state index contributed by atoms with van der Waals surface area (Å²) < 4.78 is 0. The van der Waals surface area contributed by atoms with Crippen molar-refractivity contribution < 1.29 is 25.2 Å². The van der Waals surface area contributed by atoms with Crippen molar-refractivity contribution in [3.63, 3.8) is 0 Å². The fourth-order valence-electron chi connectivity index (χ4n) is 2.61. The Morgan fingerprint density at radius 2 is 1.52 bits per heavy atom. The monoisotopic (exact) mass is 304 g/mol. The van der Waals surface area contributed by atoms with Crippen molar-refractivity contribution in [3.8, 4) is 0 Å². The van der Waals surface area contributed by atoms with Gasteiger partial charge in [0.05, 0.1) is 18.2 Å². The first-order chi connectivity index (χ1) is 9.90. The average molecular weight is 304 g/mol. The summed E-state index contributed by atoms with van der Waals surface area (Å²) in [5.41, 5.74) is 5.71. The number of aliphatic hydroxyl groups excluding tert-OH is 4. The van der Waals surface area contributed by atoms with E-state index < -0.39 is 36.5 Å². The SMILES string of the molecule is CCCCCCCC(=O)N[C@@H]1[C@H](N)[C@H](O)[C@@H](O)[C@H](O)[C@H]1O. The van der Waals surface area contributed by atoms with E-state index in [2.05, 4.69) is 12.2 Å². The smallest absolute Gasteiger partial charge is 0.220 e. The first-order valence-corrected chi connectivity index (χ1v) is 7.67. The van der Waals surface area contributed by atoms with E-state index in [0.29, 0.717) is 6.42 Å². The van der Waals surface area contributed by atoms with Crippen molar-refractivity contribution in [1.29, 1.82) is 0 Å². The van der Waals surface area contributed by atoms with E-state index in [0.717, 1.165) is 32.1 Å². The third-order valence-electron chi connectivity index (χ3n) is 4.06. The van der Waals surface area contributed by atoms with Gasteiger partial charge >= 0.3 is 0 Å². The molecule has 21 heavy (non-hydrogen) atoms. The van der Waals surface area contributed by atoms with Gasteiger partial charge in [-0.25, -0.2) is 0 Å². The quantitative estimate of drug-likeness (QED) is 0.321. The van der Waals surface area contributed by atoms with Crippen LogP contribution in [0.25, 0.3) is 0 Å². The number of hydrogen-bond acceptors (Lipinski definition) is 6. The lowest BCUT2D eigenvalue weighted by molar-refractivity contribution is -0.157. The minimum atomic E-state index is -1.53. The van der Waals surface area contributed by atoms with E-state index in [1.54, 1.807) is 0 Å². The first kappa shape index (κ1) is 18.3. The number of amides is 1. The van der Waals surface area contributed by atoms with E-state index in [1.165, 1.54) is 0 Å². The Hall–Kier alpha value is -0.730. The molecule has 1 aliphatic carbocycles. The van der Waals surface area contributed by atoms with Gasteiger partial charge in [0.15, 0.2) is 0 Å². The van der Waals surface area contributed by atoms with Crippen molar-refractivity contribution in [2.24, 2.45) is 5.73 Å². The summed E-state index contributed by atoms with van der Waals surface area (Å²) in [7, 11) is 0. The largest absolute Gasteiger partial charge is 0.389 e.